The van der Waals surface area contributed by atoms with E-state index < -0.39 is 5.97 Å². The van der Waals surface area contributed by atoms with Crippen molar-refractivity contribution in [2.24, 2.45) is 5.73 Å². The number of carboxylic acid groups (broad SMARTS) is 1. The van der Waals surface area contributed by atoms with Crippen molar-refractivity contribution in [2.45, 2.75) is 19.6 Å². The molecule has 0 radical (unpaired) electrons. The predicted octanol–water partition coefficient (Wildman–Crippen LogP) is 6.03. The molecule has 0 saturated heterocycles. The summed E-state index contributed by atoms with van der Waals surface area (Å²) >= 11 is 7.66. The first-order chi connectivity index (χ1) is 15.0. The zero-order chi connectivity index (χ0) is 22.0. The van der Waals surface area contributed by atoms with Crippen LogP contribution in [0.1, 0.15) is 16.7 Å². The Balaban J connectivity index is 1.73. The molecule has 0 aliphatic rings. The van der Waals surface area contributed by atoms with Crippen LogP contribution in [0.4, 0.5) is 4.39 Å². The van der Waals surface area contributed by atoms with Crippen molar-refractivity contribution in [3.8, 4) is 16.9 Å². The summed E-state index contributed by atoms with van der Waals surface area (Å²) in [6.07, 6.45) is -0.127. The predicted molar refractivity (Wildman–Crippen MR) is 122 cm³/mol. The molecule has 4 nitrogen and oxygen atoms in total. The Morgan fingerprint density at radius 3 is 2.61 bits per heavy atom. The first-order valence-electron chi connectivity index (χ1n) is 9.58. The lowest BCUT2D eigenvalue weighted by Gasteiger charge is -2.13. The van der Waals surface area contributed by atoms with Crippen molar-refractivity contribution in [3.63, 3.8) is 0 Å². The standard InChI is InChI=1S/C24H19ClFNO3S/c25-22-11-19-18(17-6-3-5-16(12-27)24(17)26)8-14(9-21(19)31-22)13-30-20-7-2-1-4-15(20)10-23(28)29/h1-9,11H,10,12-13,27H2,(H,28,29). The normalized spacial score (nSPS) is 11.1. The van der Waals surface area contributed by atoms with Crippen LogP contribution in [0.15, 0.2) is 60.7 Å². The molecule has 0 unspecified atom stereocenters. The molecule has 7 heteroatoms. The van der Waals surface area contributed by atoms with Crippen LogP contribution in [0.5, 0.6) is 5.75 Å². The Bertz CT molecular complexity index is 1270. The number of thiophene rings is 1. The van der Waals surface area contributed by atoms with E-state index >= 15 is 4.39 Å². The van der Waals surface area contributed by atoms with E-state index in [0.717, 1.165) is 15.6 Å². The van der Waals surface area contributed by atoms with Gasteiger partial charge >= 0.3 is 5.97 Å². The van der Waals surface area contributed by atoms with Gasteiger partial charge in [-0.2, -0.15) is 0 Å². The van der Waals surface area contributed by atoms with Gasteiger partial charge < -0.3 is 15.6 Å². The fraction of sp³-hybridized carbons (Fsp3) is 0.125. The maximum absolute atomic E-state index is 15.1. The van der Waals surface area contributed by atoms with Gasteiger partial charge in [-0.05, 0) is 35.4 Å². The number of aliphatic carboxylic acids is 1. The Hall–Kier alpha value is -2.93. The van der Waals surface area contributed by atoms with Gasteiger partial charge in [0.15, 0.2) is 0 Å². The third-order valence-corrected chi connectivity index (χ3v) is 6.18. The second kappa shape index (κ2) is 9.06. The summed E-state index contributed by atoms with van der Waals surface area (Å²) in [5.41, 5.74) is 8.71. The average molecular weight is 456 g/mol. The quantitative estimate of drug-likeness (QED) is 0.357. The lowest BCUT2D eigenvalue weighted by Crippen LogP contribution is -2.04. The molecule has 1 heterocycles. The largest absolute Gasteiger partial charge is 0.489 e. The second-order valence-corrected chi connectivity index (χ2v) is 8.77. The van der Waals surface area contributed by atoms with E-state index in [9.17, 15) is 4.79 Å². The summed E-state index contributed by atoms with van der Waals surface area (Å²) in [6.45, 7) is 0.309. The molecule has 158 valence electrons. The summed E-state index contributed by atoms with van der Waals surface area (Å²) < 4.78 is 22.5. The van der Waals surface area contributed by atoms with Gasteiger partial charge in [0.2, 0.25) is 0 Å². The summed E-state index contributed by atoms with van der Waals surface area (Å²) in [4.78, 5) is 11.1. The number of hydrogen-bond acceptors (Lipinski definition) is 4. The number of nitrogens with two attached hydrogens (primary N) is 1. The molecule has 0 spiro atoms. The van der Waals surface area contributed by atoms with Gasteiger partial charge in [-0.15, -0.1) is 11.3 Å². The first-order valence-corrected chi connectivity index (χ1v) is 10.8. The van der Waals surface area contributed by atoms with Gasteiger partial charge in [-0.1, -0.05) is 48.0 Å². The van der Waals surface area contributed by atoms with Crippen LogP contribution in [0.2, 0.25) is 4.34 Å². The molecule has 4 rings (SSSR count). The highest BCUT2D eigenvalue weighted by atomic mass is 35.5. The van der Waals surface area contributed by atoms with Crippen LogP contribution in [-0.2, 0) is 24.4 Å². The Morgan fingerprint density at radius 1 is 1.06 bits per heavy atom. The number of rotatable bonds is 7. The van der Waals surface area contributed by atoms with E-state index in [-0.39, 0.29) is 25.4 Å². The average Bonchev–Trinajstić information content (AvgIpc) is 3.12. The maximum atomic E-state index is 15.1. The van der Waals surface area contributed by atoms with Crippen molar-refractivity contribution >= 4 is 39.0 Å². The minimum atomic E-state index is -0.928. The van der Waals surface area contributed by atoms with Crippen molar-refractivity contribution < 1.29 is 19.0 Å². The van der Waals surface area contributed by atoms with Crippen LogP contribution in [-0.4, -0.2) is 11.1 Å². The van der Waals surface area contributed by atoms with Gasteiger partial charge in [0.1, 0.15) is 18.2 Å². The molecule has 3 N–H and O–H groups in total. The third-order valence-electron chi connectivity index (χ3n) is 4.96. The van der Waals surface area contributed by atoms with Crippen LogP contribution < -0.4 is 10.5 Å². The lowest BCUT2D eigenvalue weighted by atomic mass is 9.97. The van der Waals surface area contributed by atoms with Gasteiger partial charge in [-0.3, -0.25) is 4.79 Å². The fourth-order valence-corrected chi connectivity index (χ4v) is 4.77. The number of hydrogen-bond donors (Lipinski definition) is 2. The van der Waals surface area contributed by atoms with Crippen molar-refractivity contribution in [3.05, 3.63) is 87.5 Å². The molecular weight excluding hydrogens is 437 g/mol. The lowest BCUT2D eigenvalue weighted by molar-refractivity contribution is -0.136. The summed E-state index contributed by atoms with van der Waals surface area (Å²) in [7, 11) is 0. The number of ether oxygens (including phenoxy) is 1. The minimum Gasteiger partial charge on any atom is -0.489 e. The molecular formula is C24H19ClFNO3S. The van der Waals surface area contributed by atoms with Crippen LogP contribution in [0.3, 0.4) is 0 Å². The maximum Gasteiger partial charge on any atom is 0.307 e. The van der Waals surface area contributed by atoms with Crippen LogP contribution >= 0.6 is 22.9 Å². The summed E-state index contributed by atoms with van der Waals surface area (Å²) in [5.74, 6) is -0.770. The zero-order valence-electron chi connectivity index (χ0n) is 16.4. The Morgan fingerprint density at radius 2 is 1.84 bits per heavy atom. The highest BCUT2D eigenvalue weighted by Crippen LogP contribution is 2.39. The van der Waals surface area contributed by atoms with E-state index in [0.29, 0.717) is 32.3 Å². The van der Waals surface area contributed by atoms with Crippen molar-refractivity contribution in [2.75, 3.05) is 0 Å². The number of carboxylic acids is 1. The molecule has 0 bridgehead atoms. The Labute approximate surface area is 187 Å². The van der Waals surface area contributed by atoms with E-state index in [2.05, 4.69) is 0 Å². The monoisotopic (exact) mass is 455 g/mol. The SMILES string of the molecule is NCc1cccc(-c2cc(COc3ccccc3CC(=O)O)cc3sc(Cl)cc23)c1F. The Kier molecular flexibility index (Phi) is 6.23. The number of fused-ring (bicyclic) bond motifs is 1. The minimum absolute atomic E-state index is 0.108. The number of carbonyl (C=O) groups is 1. The highest BCUT2D eigenvalue weighted by molar-refractivity contribution is 7.22. The molecule has 0 atom stereocenters. The van der Waals surface area contributed by atoms with E-state index in [1.807, 2.05) is 18.2 Å². The van der Waals surface area contributed by atoms with Gasteiger partial charge in [0, 0.05) is 33.3 Å². The first kappa shape index (κ1) is 21.3. The van der Waals surface area contributed by atoms with Crippen molar-refractivity contribution in [1.29, 1.82) is 0 Å². The molecule has 0 amide bonds. The summed E-state index contributed by atoms with van der Waals surface area (Å²) in [5, 5.41) is 9.98. The number of halogens is 2. The smallest absolute Gasteiger partial charge is 0.307 e. The second-order valence-electron chi connectivity index (χ2n) is 7.06. The zero-order valence-corrected chi connectivity index (χ0v) is 18.0. The summed E-state index contributed by atoms with van der Waals surface area (Å²) in [6, 6.07) is 17.9. The molecule has 31 heavy (non-hydrogen) atoms. The topological polar surface area (TPSA) is 72.5 Å². The molecule has 3 aromatic carbocycles. The molecule has 4 aromatic rings. The molecule has 0 aliphatic carbocycles. The van der Waals surface area contributed by atoms with Gasteiger partial charge in [0.25, 0.3) is 0 Å². The molecule has 0 saturated carbocycles. The van der Waals surface area contributed by atoms with Crippen molar-refractivity contribution in [1.82, 2.24) is 0 Å². The highest BCUT2D eigenvalue weighted by Gasteiger charge is 2.16. The van der Waals surface area contributed by atoms with Crippen LogP contribution in [0.25, 0.3) is 21.2 Å². The number of para-hydroxylation sites is 1. The third kappa shape index (κ3) is 4.56. The number of benzene rings is 3. The van der Waals surface area contributed by atoms with E-state index in [4.69, 9.17) is 27.2 Å². The van der Waals surface area contributed by atoms with Gasteiger partial charge in [-0.25, -0.2) is 4.39 Å². The molecule has 0 fully saturated rings. The van der Waals surface area contributed by atoms with Gasteiger partial charge in [0.05, 0.1) is 10.8 Å². The molecule has 1 aromatic heterocycles. The van der Waals surface area contributed by atoms with Crippen LogP contribution in [0, 0.1) is 5.82 Å². The van der Waals surface area contributed by atoms with E-state index in [1.54, 1.807) is 42.5 Å². The van der Waals surface area contributed by atoms with E-state index in [1.165, 1.54) is 11.3 Å². The molecule has 0 aliphatic heterocycles. The fourth-order valence-electron chi connectivity index (χ4n) is 3.53.